The zero-order chi connectivity index (χ0) is 28.1. The standard InChI is InChI=1S/C32H28ClN3O3S/c1-3-20(2)22-13-15-29-28(17-22)34-31(39-29)24-12-14-26(33)27(18-24)35-32(40)36-30(37)23-10-7-11-25(16-23)38-19-21-8-5-4-6-9-21/h4-18,20H,3,19H2,1-2H3,(H2,35,36,37,40)/t20-/m1/s1. The van der Waals surface area contributed by atoms with E-state index < -0.39 is 0 Å². The van der Waals surface area contributed by atoms with Crippen LogP contribution in [0.3, 0.4) is 0 Å². The lowest BCUT2D eigenvalue weighted by Crippen LogP contribution is -2.34. The fourth-order valence-corrected chi connectivity index (χ4v) is 4.53. The number of amides is 1. The van der Waals surface area contributed by atoms with E-state index in [1.807, 2.05) is 42.5 Å². The van der Waals surface area contributed by atoms with Gasteiger partial charge in [-0.05, 0) is 84.2 Å². The SMILES string of the molecule is CC[C@@H](C)c1ccc2oc(-c3ccc(Cl)c(NC(=S)NC(=O)c4cccc(OCc5ccccc5)c4)c3)nc2c1. The average Bonchev–Trinajstić information content (AvgIpc) is 3.41. The second-order valence-corrected chi connectivity index (χ2v) is 10.3. The number of aromatic nitrogens is 1. The molecule has 0 aliphatic rings. The summed E-state index contributed by atoms with van der Waals surface area (Å²) in [6, 6.07) is 28.2. The Balaban J connectivity index is 1.26. The minimum absolute atomic E-state index is 0.107. The van der Waals surface area contributed by atoms with E-state index in [1.165, 1.54) is 5.56 Å². The van der Waals surface area contributed by atoms with Gasteiger partial charge in [0.2, 0.25) is 5.89 Å². The van der Waals surface area contributed by atoms with Gasteiger partial charge in [0.15, 0.2) is 10.7 Å². The number of thiocarbonyl (C=S) groups is 1. The molecule has 0 saturated heterocycles. The van der Waals surface area contributed by atoms with Gasteiger partial charge in [-0.25, -0.2) is 4.98 Å². The van der Waals surface area contributed by atoms with Crippen molar-refractivity contribution in [2.75, 3.05) is 5.32 Å². The molecule has 0 aliphatic heterocycles. The van der Waals surface area contributed by atoms with E-state index in [9.17, 15) is 4.79 Å². The third-order valence-electron chi connectivity index (χ3n) is 6.63. The summed E-state index contributed by atoms with van der Waals surface area (Å²) < 4.78 is 11.8. The van der Waals surface area contributed by atoms with Crippen LogP contribution < -0.4 is 15.4 Å². The first-order chi connectivity index (χ1) is 19.4. The van der Waals surface area contributed by atoms with Gasteiger partial charge < -0.3 is 14.5 Å². The van der Waals surface area contributed by atoms with E-state index in [-0.39, 0.29) is 11.0 Å². The molecule has 1 aromatic heterocycles. The van der Waals surface area contributed by atoms with E-state index in [2.05, 4.69) is 41.6 Å². The molecule has 5 aromatic rings. The predicted molar refractivity (Wildman–Crippen MR) is 164 cm³/mol. The van der Waals surface area contributed by atoms with Crippen LogP contribution in [-0.2, 0) is 6.61 Å². The van der Waals surface area contributed by atoms with Crippen molar-refractivity contribution < 1.29 is 13.9 Å². The van der Waals surface area contributed by atoms with Crippen LogP contribution >= 0.6 is 23.8 Å². The maximum Gasteiger partial charge on any atom is 0.257 e. The molecule has 6 nitrogen and oxygen atoms in total. The molecule has 0 aliphatic carbocycles. The molecule has 40 heavy (non-hydrogen) atoms. The first-order valence-electron chi connectivity index (χ1n) is 13.0. The minimum atomic E-state index is -0.369. The lowest BCUT2D eigenvalue weighted by molar-refractivity contribution is 0.0977. The number of nitrogens with one attached hydrogen (secondary N) is 2. The largest absolute Gasteiger partial charge is 0.489 e. The van der Waals surface area contributed by atoms with Gasteiger partial charge in [-0.15, -0.1) is 0 Å². The molecule has 5 rings (SSSR count). The van der Waals surface area contributed by atoms with Crippen LogP contribution in [0.5, 0.6) is 5.75 Å². The average molecular weight is 570 g/mol. The first kappa shape index (κ1) is 27.4. The van der Waals surface area contributed by atoms with E-state index >= 15 is 0 Å². The summed E-state index contributed by atoms with van der Waals surface area (Å²) in [6.45, 7) is 4.76. The van der Waals surface area contributed by atoms with Crippen LogP contribution in [0, 0.1) is 0 Å². The number of carbonyl (C=O) groups excluding carboxylic acids is 1. The molecule has 0 saturated carbocycles. The number of hydrogen-bond acceptors (Lipinski definition) is 5. The maximum absolute atomic E-state index is 12.9. The predicted octanol–water partition coefficient (Wildman–Crippen LogP) is 8.37. The van der Waals surface area contributed by atoms with Crippen molar-refractivity contribution in [1.82, 2.24) is 10.3 Å². The van der Waals surface area contributed by atoms with Gasteiger partial charge in [-0.2, -0.15) is 0 Å². The summed E-state index contributed by atoms with van der Waals surface area (Å²) in [7, 11) is 0. The molecule has 0 spiro atoms. The van der Waals surface area contributed by atoms with Crippen LogP contribution in [-0.4, -0.2) is 16.0 Å². The Hall–Kier alpha value is -4.20. The van der Waals surface area contributed by atoms with Crippen molar-refractivity contribution in [1.29, 1.82) is 0 Å². The Labute approximate surface area is 243 Å². The number of carbonyl (C=O) groups is 1. The molecule has 0 radical (unpaired) electrons. The summed E-state index contributed by atoms with van der Waals surface area (Å²) >= 11 is 11.8. The number of nitrogens with zero attached hydrogens (tertiary/aromatic N) is 1. The second-order valence-electron chi connectivity index (χ2n) is 9.46. The van der Waals surface area contributed by atoms with Gasteiger partial charge in [0.1, 0.15) is 17.9 Å². The summed E-state index contributed by atoms with van der Waals surface area (Å²) in [5.41, 5.74) is 5.44. The fraction of sp³-hybridized carbons (Fsp3) is 0.156. The van der Waals surface area contributed by atoms with Crippen molar-refractivity contribution in [3.63, 3.8) is 0 Å². The van der Waals surface area contributed by atoms with Crippen molar-refractivity contribution in [3.05, 3.63) is 113 Å². The fourth-order valence-electron chi connectivity index (χ4n) is 4.16. The number of benzene rings is 4. The molecule has 0 fully saturated rings. The highest BCUT2D eigenvalue weighted by Gasteiger charge is 2.15. The topological polar surface area (TPSA) is 76.4 Å². The minimum Gasteiger partial charge on any atom is -0.489 e. The zero-order valence-corrected chi connectivity index (χ0v) is 23.7. The Morgan fingerprint density at radius 3 is 2.65 bits per heavy atom. The zero-order valence-electron chi connectivity index (χ0n) is 22.1. The molecule has 8 heteroatoms. The van der Waals surface area contributed by atoms with Gasteiger partial charge >= 0.3 is 0 Å². The molecule has 1 amide bonds. The molecule has 1 atom stereocenters. The second kappa shape index (κ2) is 12.3. The summed E-state index contributed by atoms with van der Waals surface area (Å²) in [5.74, 6) is 1.13. The van der Waals surface area contributed by atoms with Gasteiger partial charge in [-0.3, -0.25) is 10.1 Å². The van der Waals surface area contributed by atoms with Crippen LogP contribution in [0.25, 0.3) is 22.6 Å². The molecule has 4 aromatic carbocycles. The van der Waals surface area contributed by atoms with Crippen molar-refractivity contribution in [2.24, 2.45) is 0 Å². The van der Waals surface area contributed by atoms with Gasteiger partial charge in [0.05, 0.1) is 10.7 Å². The highest BCUT2D eigenvalue weighted by Crippen LogP contribution is 2.32. The lowest BCUT2D eigenvalue weighted by atomic mass is 9.98. The van der Waals surface area contributed by atoms with E-state index in [0.29, 0.717) is 46.0 Å². The third-order valence-corrected chi connectivity index (χ3v) is 7.16. The monoisotopic (exact) mass is 569 g/mol. The number of ether oxygens (including phenoxy) is 1. The Morgan fingerprint density at radius 2 is 1.85 bits per heavy atom. The number of hydrogen-bond donors (Lipinski definition) is 2. The molecule has 202 valence electrons. The van der Waals surface area contributed by atoms with Crippen LogP contribution in [0.2, 0.25) is 5.02 Å². The summed E-state index contributed by atoms with van der Waals surface area (Å²) in [6.07, 6.45) is 1.05. The van der Waals surface area contributed by atoms with Gasteiger partial charge in [0.25, 0.3) is 5.91 Å². The quantitative estimate of drug-likeness (QED) is 0.183. The smallest absolute Gasteiger partial charge is 0.257 e. The van der Waals surface area contributed by atoms with E-state index in [0.717, 1.165) is 23.1 Å². The molecular weight excluding hydrogens is 542 g/mol. The molecule has 0 unspecified atom stereocenters. The first-order valence-corrected chi connectivity index (χ1v) is 13.8. The molecular formula is C32H28ClN3O3S. The van der Waals surface area contributed by atoms with Crippen molar-refractivity contribution in [3.8, 4) is 17.2 Å². The summed E-state index contributed by atoms with van der Waals surface area (Å²) in [4.78, 5) is 17.6. The number of rotatable bonds is 8. The van der Waals surface area contributed by atoms with Crippen LogP contribution in [0.15, 0.2) is 95.4 Å². The van der Waals surface area contributed by atoms with Crippen molar-refractivity contribution >= 4 is 51.6 Å². The number of oxazole rings is 1. The van der Waals surface area contributed by atoms with E-state index in [4.69, 9.17) is 33.0 Å². The lowest BCUT2D eigenvalue weighted by Gasteiger charge is -2.12. The maximum atomic E-state index is 12.9. The third kappa shape index (κ3) is 6.50. The number of anilines is 1. The molecule has 1 heterocycles. The highest BCUT2D eigenvalue weighted by molar-refractivity contribution is 7.80. The normalized spacial score (nSPS) is 11.7. The molecule has 0 bridgehead atoms. The number of fused-ring (bicyclic) bond motifs is 1. The number of halogens is 1. The summed E-state index contributed by atoms with van der Waals surface area (Å²) in [5, 5.41) is 6.26. The Morgan fingerprint density at radius 1 is 1.02 bits per heavy atom. The Kier molecular flexibility index (Phi) is 8.43. The van der Waals surface area contributed by atoms with Crippen molar-refractivity contribution in [2.45, 2.75) is 32.8 Å². The van der Waals surface area contributed by atoms with Gasteiger partial charge in [-0.1, -0.05) is 67.9 Å². The molecule has 2 N–H and O–H groups in total. The van der Waals surface area contributed by atoms with Crippen LogP contribution in [0.4, 0.5) is 5.69 Å². The Bertz CT molecular complexity index is 1670. The van der Waals surface area contributed by atoms with Gasteiger partial charge in [0, 0.05) is 11.1 Å². The highest BCUT2D eigenvalue weighted by atomic mass is 35.5. The van der Waals surface area contributed by atoms with Crippen LogP contribution in [0.1, 0.15) is 47.7 Å². The van der Waals surface area contributed by atoms with E-state index in [1.54, 1.807) is 36.4 Å².